The monoisotopic (exact) mass is 294 g/mol. The van der Waals surface area contributed by atoms with Crippen LogP contribution in [0.5, 0.6) is 0 Å². The first-order chi connectivity index (χ1) is 10.1. The molecule has 1 aliphatic rings. The summed E-state index contributed by atoms with van der Waals surface area (Å²) in [7, 11) is 1.77. The number of hydrogen-bond acceptors (Lipinski definition) is 3. The highest BCUT2D eigenvalue weighted by molar-refractivity contribution is 5.25. The highest BCUT2D eigenvalue weighted by atomic mass is 19.1. The molecular formula is C17H27FN2O. The standard InChI is InChI=1S/C17H27FN2O/c1-13-3-4-15(11-16(13)18)17(19)7-10-20-8-5-14(6-9-20)12-21-2/h3-4,11,14,17H,5-10,12,19H2,1-2H3. The maximum atomic E-state index is 13.6. The van der Waals surface area contributed by atoms with Gasteiger partial charge in [-0.05, 0) is 68.9 Å². The van der Waals surface area contributed by atoms with Gasteiger partial charge in [-0.15, -0.1) is 0 Å². The van der Waals surface area contributed by atoms with Crippen LogP contribution in [-0.4, -0.2) is 38.3 Å². The number of aryl methyl sites for hydroxylation is 1. The lowest BCUT2D eigenvalue weighted by atomic mass is 9.97. The second-order valence-corrected chi connectivity index (χ2v) is 6.14. The van der Waals surface area contributed by atoms with E-state index in [1.165, 1.54) is 12.8 Å². The molecule has 1 heterocycles. The van der Waals surface area contributed by atoms with Crippen molar-refractivity contribution in [2.24, 2.45) is 11.7 Å². The van der Waals surface area contributed by atoms with Crippen LogP contribution in [0.25, 0.3) is 0 Å². The minimum atomic E-state index is -0.164. The highest BCUT2D eigenvalue weighted by Gasteiger charge is 2.19. The predicted molar refractivity (Wildman–Crippen MR) is 83.7 cm³/mol. The van der Waals surface area contributed by atoms with Crippen LogP contribution in [0.1, 0.15) is 36.4 Å². The van der Waals surface area contributed by atoms with Crippen LogP contribution < -0.4 is 5.73 Å². The number of methoxy groups -OCH3 is 1. The fraction of sp³-hybridized carbons (Fsp3) is 0.647. The van der Waals surface area contributed by atoms with E-state index in [2.05, 4.69) is 4.90 Å². The van der Waals surface area contributed by atoms with Gasteiger partial charge in [-0.2, -0.15) is 0 Å². The average molecular weight is 294 g/mol. The molecule has 21 heavy (non-hydrogen) atoms. The molecule has 2 N–H and O–H groups in total. The third-order valence-corrected chi connectivity index (χ3v) is 4.49. The van der Waals surface area contributed by atoms with Crippen LogP contribution >= 0.6 is 0 Å². The van der Waals surface area contributed by atoms with Crippen LogP contribution in [0.2, 0.25) is 0 Å². The number of rotatable bonds is 6. The predicted octanol–water partition coefficient (Wildman–Crippen LogP) is 2.88. The Morgan fingerprint density at radius 1 is 1.38 bits per heavy atom. The summed E-state index contributed by atoms with van der Waals surface area (Å²) in [5.74, 6) is 0.537. The summed E-state index contributed by atoms with van der Waals surface area (Å²) in [4.78, 5) is 2.45. The van der Waals surface area contributed by atoms with Gasteiger partial charge < -0.3 is 15.4 Å². The van der Waals surface area contributed by atoms with Crippen LogP contribution in [0.4, 0.5) is 4.39 Å². The zero-order valence-corrected chi connectivity index (χ0v) is 13.1. The Bertz CT molecular complexity index is 444. The van der Waals surface area contributed by atoms with Gasteiger partial charge in [0.2, 0.25) is 0 Å². The molecule has 0 spiro atoms. The lowest BCUT2D eigenvalue weighted by Gasteiger charge is -2.32. The Balaban J connectivity index is 1.76. The van der Waals surface area contributed by atoms with Crippen LogP contribution in [0.15, 0.2) is 18.2 Å². The van der Waals surface area contributed by atoms with E-state index in [1.54, 1.807) is 26.2 Å². The van der Waals surface area contributed by atoms with Crippen molar-refractivity contribution >= 4 is 0 Å². The van der Waals surface area contributed by atoms with Gasteiger partial charge in [0.25, 0.3) is 0 Å². The summed E-state index contributed by atoms with van der Waals surface area (Å²) in [5.41, 5.74) is 7.76. The van der Waals surface area contributed by atoms with Crippen molar-refractivity contribution in [3.63, 3.8) is 0 Å². The minimum absolute atomic E-state index is 0.0863. The normalized spacial score (nSPS) is 18.9. The van der Waals surface area contributed by atoms with Crippen molar-refractivity contribution < 1.29 is 9.13 Å². The smallest absolute Gasteiger partial charge is 0.126 e. The number of ether oxygens (including phenoxy) is 1. The van der Waals surface area contributed by atoms with E-state index in [1.807, 2.05) is 6.07 Å². The number of likely N-dealkylation sites (tertiary alicyclic amines) is 1. The third kappa shape index (κ3) is 4.77. The molecule has 0 amide bonds. The molecule has 0 aromatic heterocycles. The first-order valence-corrected chi connectivity index (χ1v) is 7.83. The SMILES string of the molecule is COCC1CCN(CCC(N)c2ccc(C)c(F)c2)CC1. The zero-order valence-electron chi connectivity index (χ0n) is 13.1. The van der Waals surface area contributed by atoms with E-state index in [0.29, 0.717) is 11.5 Å². The van der Waals surface area contributed by atoms with Crippen LogP contribution in [-0.2, 0) is 4.74 Å². The van der Waals surface area contributed by atoms with Crippen molar-refractivity contribution in [2.45, 2.75) is 32.2 Å². The maximum absolute atomic E-state index is 13.6. The fourth-order valence-corrected chi connectivity index (χ4v) is 2.94. The Morgan fingerprint density at radius 3 is 2.71 bits per heavy atom. The van der Waals surface area contributed by atoms with E-state index < -0.39 is 0 Å². The molecule has 1 aliphatic heterocycles. The number of benzene rings is 1. The summed E-state index contributed by atoms with van der Waals surface area (Å²) < 4.78 is 18.8. The number of nitrogens with two attached hydrogens (primary N) is 1. The molecule has 1 saturated heterocycles. The molecule has 118 valence electrons. The lowest BCUT2D eigenvalue weighted by Crippen LogP contribution is -2.36. The average Bonchev–Trinajstić information content (AvgIpc) is 2.49. The second-order valence-electron chi connectivity index (χ2n) is 6.14. The molecule has 1 fully saturated rings. The first kappa shape index (κ1) is 16.4. The van der Waals surface area contributed by atoms with Gasteiger partial charge in [0.05, 0.1) is 0 Å². The summed E-state index contributed by atoms with van der Waals surface area (Å²) in [6, 6.07) is 5.23. The maximum Gasteiger partial charge on any atom is 0.126 e. The van der Waals surface area contributed by atoms with Crippen LogP contribution in [0.3, 0.4) is 0 Å². The largest absolute Gasteiger partial charge is 0.384 e. The topological polar surface area (TPSA) is 38.5 Å². The zero-order chi connectivity index (χ0) is 15.2. The molecule has 1 unspecified atom stereocenters. The van der Waals surface area contributed by atoms with E-state index in [4.69, 9.17) is 10.5 Å². The first-order valence-electron chi connectivity index (χ1n) is 7.83. The van der Waals surface area contributed by atoms with Gasteiger partial charge in [-0.25, -0.2) is 4.39 Å². The fourth-order valence-electron chi connectivity index (χ4n) is 2.94. The van der Waals surface area contributed by atoms with Gasteiger partial charge >= 0.3 is 0 Å². The molecule has 3 nitrogen and oxygen atoms in total. The van der Waals surface area contributed by atoms with Crippen molar-refractivity contribution in [3.8, 4) is 0 Å². The molecule has 1 aromatic carbocycles. The summed E-state index contributed by atoms with van der Waals surface area (Å²) in [6.07, 6.45) is 3.27. The lowest BCUT2D eigenvalue weighted by molar-refractivity contribution is 0.0983. The second kappa shape index (κ2) is 7.87. The molecule has 4 heteroatoms. The summed E-state index contributed by atoms with van der Waals surface area (Å²) in [6.45, 7) is 5.85. The molecule has 1 atom stereocenters. The molecule has 1 aromatic rings. The molecule has 0 saturated carbocycles. The Labute approximate surface area is 127 Å². The minimum Gasteiger partial charge on any atom is -0.384 e. The van der Waals surface area contributed by atoms with Gasteiger partial charge in [-0.3, -0.25) is 0 Å². The molecule has 0 bridgehead atoms. The van der Waals surface area contributed by atoms with E-state index in [0.717, 1.165) is 38.2 Å². The third-order valence-electron chi connectivity index (χ3n) is 4.49. The Kier molecular flexibility index (Phi) is 6.15. The van der Waals surface area contributed by atoms with Crippen molar-refractivity contribution in [3.05, 3.63) is 35.1 Å². The molecule has 2 rings (SSSR count). The number of piperidine rings is 1. The van der Waals surface area contributed by atoms with Gasteiger partial charge in [0, 0.05) is 19.8 Å². The van der Waals surface area contributed by atoms with E-state index >= 15 is 0 Å². The van der Waals surface area contributed by atoms with Gasteiger partial charge in [-0.1, -0.05) is 12.1 Å². The summed E-state index contributed by atoms with van der Waals surface area (Å²) in [5, 5.41) is 0. The molecule has 0 aliphatic carbocycles. The van der Waals surface area contributed by atoms with E-state index in [9.17, 15) is 4.39 Å². The van der Waals surface area contributed by atoms with Gasteiger partial charge in [0.1, 0.15) is 5.82 Å². The highest BCUT2D eigenvalue weighted by Crippen LogP contribution is 2.21. The van der Waals surface area contributed by atoms with E-state index in [-0.39, 0.29) is 11.9 Å². The molecular weight excluding hydrogens is 267 g/mol. The summed E-state index contributed by atoms with van der Waals surface area (Å²) >= 11 is 0. The van der Waals surface area contributed by atoms with Crippen molar-refractivity contribution in [1.82, 2.24) is 4.90 Å². The Hall–Kier alpha value is -0.970. The number of halogens is 1. The Morgan fingerprint density at radius 2 is 2.10 bits per heavy atom. The number of hydrogen-bond donors (Lipinski definition) is 1. The van der Waals surface area contributed by atoms with Crippen molar-refractivity contribution in [2.75, 3.05) is 33.4 Å². The van der Waals surface area contributed by atoms with Crippen LogP contribution in [0, 0.1) is 18.7 Å². The number of nitrogens with zero attached hydrogens (tertiary/aromatic N) is 1. The molecule has 0 radical (unpaired) electrons. The quantitative estimate of drug-likeness (QED) is 0.877. The van der Waals surface area contributed by atoms with Gasteiger partial charge in [0.15, 0.2) is 0 Å². The van der Waals surface area contributed by atoms with Crippen molar-refractivity contribution in [1.29, 1.82) is 0 Å².